The molecule has 1 amide bonds. The van der Waals surface area contributed by atoms with Crippen LogP contribution >= 0.6 is 11.3 Å². The first-order valence-corrected chi connectivity index (χ1v) is 13.2. The Hall–Kier alpha value is -2.48. The fraction of sp³-hybridized carbons (Fsp3) is 0.320. The minimum atomic E-state index is -3.58. The first kappa shape index (κ1) is 22.7. The molecule has 1 fully saturated rings. The summed E-state index contributed by atoms with van der Waals surface area (Å²) in [5.74, 6) is -0.156. The second-order valence-electron chi connectivity index (χ2n) is 8.19. The van der Waals surface area contributed by atoms with E-state index in [1.807, 2.05) is 53.6 Å². The minimum absolute atomic E-state index is 0.0415. The van der Waals surface area contributed by atoms with Gasteiger partial charge in [-0.05, 0) is 55.0 Å². The van der Waals surface area contributed by atoms with Gasteiger partial charge in [0.15, 0.2) is 0 Å². The van der Waals surface area contributed by atoms with Crippen LogP contribution in [0.2, 0.25) is 0 Å². The third-order valence-corrected chi connectivity index (χ3v) is 8.64. The van der Waals surface area contributed by atoms with Crippen LogP contribution in [0.3, 0.4) is 0 Å². The molecule has 1 aliphatic rings. The summed E-state index contributed by atoms with van der Waals surface area (Å²) in [5, 5.41) is 2.04. The van der Waals surface area contributed by atoms with E-state index in [0.717, 1.165) is 24.8 Å². The first-order chi connectivity index (χ1) is 15.4. The fourth-order valence-corrected chi connectivity index (χ4v) is 6.46. The van der Waals surface area contributed by atoms with Crippen LogP contribution < -0.4 is 0 Å². The normalized spacial score (nSPS) is 15.5. The van der Waals surface area contributed by atoms with Crippen molar-refractivity contribution in [2.24, 2.45) is 0 Å². The maximum Gasteiger partial charge on any atom is 0.254 e. The van der Waals surface area contributed by atoms with E-state index in [0.29, 0.717) is 25.2 Å². The number of nitrogens with zero attached hydrogens (tertiary/aromatic N) is 2. The van der Waals surface area contributed by atoms with Crippen molar-refractivity contribution in [3.05, 3.63) is 88.1 Å². The Labute approximate surface area is 194 Å². The largest absolute Gasteiger partial charge is 0.331 e. The van der Waals surface area contributed by atoms with E-state index in [-0.39, 0.29) is 16.8 Å². The van der Waals surface area contributed by atoms with Gasteiger partial charge in [0.1, 0.15) is 0 Å². The molecule has 0 saturated carbocycles. The Bertz CT molecular complexity index is 1140. The smallest absolute Gasteiger partial charge is 0.254 e. The Morgan fingerprint density at radius 3 is 2.47 bits per heavy atom. The number of sulfonamides is 1. The Balaban J connectivity index is 1.62. The standard InChI is InChI=1S/C25H28N2O3S2/c1-20(17-23-12-8-16-31-23)27(19-21-9-3-2-4-10-21)25(28)22-11-7-13-24(18-22)32(29,30)26-14-5-6-15-26/h2-4,7-13,16,18,20H,5-6,14-15,17,19H2,1H3/t20-/m0/s1. The van der Waals surface area contributed by atoms with E-state index in [9.17, 15) is 13.2 Å². The van der Waals surface area contributed by atoms with Crippen molar-refractivity contribution in [1.82, 2.24) is 9.21 Å². The number of benzene rings is 2. The van der Waals surface area contributed by atoms with Gasteiger partial charge in [0, 0.05) is 42.5 Å². The average Bonchev–Trinajstić information content (AvgIpc) is 3.52. The van der Waals surface area contributed by atoms with E-state index in [2.05, 4.69) is 6.07 Å². The van der Waals surface area contributed by atoms with Crippen LogP contribution in [0.1, 0.15) is 40.6 Å². The van der Waals surface area contributed by atoms with Gasteiger partial charge in [0.25, 0.3) is 5.91 Å². The number of rotatable bonds is 8. The van der Waals surface area contributed by atoms with Gasteiger partial charge in [-0.25, -0.2) is 8.42 Å². The molecular weight excluding hydrogens is 440 g/mol. The molecule has 7 heteroatoms. The van der Waals surface area contributed by atoms with Crippen molar-refractivity contribution in [3.63, 3.8) is 0 Å². The highest BCUT2D eigenvalue weighted by atomic mass is 32.2. The van der Waals surface area contributed by atoms with E-state index in [1.54, 1.807) is 29.5 Å². The Morgan fingerprint density at radius 1 is 1.03 bits per heavy atom. The molecular formula is C25H28N2O3S2. The van der Waals surface area contributed by atoms with Gasteiger partial charge in [-0.2, -0.15) is 4.31 Å². The second kappa shape index (κ2) is 9.98. The molecule has 0 bridgehead atoms. The summed E-state index contributed by atoms with van der Waals surface area (Å²) in [5.41, 5.74) is 1.44. The van der Waals surface area contributed by atoms with Gasteiger partial charge in [-0.15, -0.1) is 11.3 Å². The van der Waals surface area contributed by atoms with Crippen molar-refractivity contribution in [2.75, 3.05) is 13.1 Å². The third kappa shape index (κ3) is 5.11. The van der Waals surface area contributed by atoms with Gasteiger partial charge in [0.2, 0.25) is 10.0 Å². The Kier molecular flexibility index (Phi) is 7.08. The summed E-state index contributed by atoms with van der Waals surface area (Å²) in [4.78, 5) is 16.9. The molecule has 0 radical (unpaired) electrons. The quantitative estimate of drug-likeness (QED) is 0.477. The summed E-state index contributed by atoms with van der Waals surface area (Å²) in [6, 6.07) is 20.4. The average molecular weight is 469 g/mol. The number of carbonyl (C=O) groups excluding carboxylic acids is 1. The molecule has 0 unspecified atom stereocenters. The summed E-state index contributed by atoms with van der Waals surface area (Å²) in [6.45, 7) is 3.59. The predicted molar refractivity (Wildman–Crippen MR) is 128 cm³/mol. The minimum Gasteiger partial charge on any atom is -0.331 e. The van der Waals surface area contributed by atoms with Crippen LogP contribution in [0, 0.1) is 0 Å². The number of carbonyl (C=O) groups is 1. The number of hydrogen-bond donors (Lipinski definition) is 0. The zero-order valence-corrected chi connectivity index (χ0v) is 19.8. The highest BCUT2D eigenvalue weighted by Gasteiger charge is 2.29. The molecule has 32 heavy (non-hydrogen) atoms. The zero-order valence-electron chi connectivity index (χ0n) is 18.2. The van der Waals surface area contributed by atoms with Crippen LogP contribution in [0.4, 0.5) is 0 Å². The lowest BCUT2D eigenvalue weighted by Gasteiger charge is -2.30. The van der Waals surface area contributed by atoms with Gasteiger partial charge in [0.05, 0.1) is 4.90 Å². The molecule has 5 nitrogen and oxygen atoms in total. The lowest BCUT2D eigenvalue weighted by Crippen LogP contribution is -2.39. The number of amides is 1. The highest BCUT2D eigenvalue weighted by Crippen LogP contribution is 2.24. The van der Waals surface area contributed by atoms with Crippen molar-refractivity contribution >= 4 is 27.3 Å². The van der Waals surface area contributed by atoms with Gasteiger partial charge in [-0.3, -0.25) is 4.79 Å². The predicted octanol–water partition coefficient (Wildman–Crippen LogP) is 4.81. The first-order valence-electron chi connectivity index (χ1n) is 10.9. The van der Waals surface area contributed by atoms with E-state index in [1.165, 1.54) is 15.2 Å². The summed E-state index contributed by atoms with van der Waals surface area (Å²) in [6.07, 6.45) is 2.51. The van der Waals surface area contributed by atoms with Crippen LogP contribution in [0.25, 0.3) is 0 Å². The molecule has 4 rings (SSSR count). The highest BCUT2D eigenvalue weighted by molar-refractivity contribution is 7.89. The van der Waals surface area contributed by atoms with Crippen LogP contribution in [-0.4, -0.2) is 42.7 Å². The van der Waals surface area contributed by atoms with E-state index >= 15 is 0 Å². The maximum absolute atomic E-state index is 13.6. The molecule has 1 saturated heterocycles. The summed E-state index contributed by atoms with van der Waals surface area (Å²) in [7, 11) is -3.58. The van der Waals surface area contributed by atoms with Gasteiger partial charge >= 0.3 is 0 Å². The second-order valence-corrected chi connectivity index (χ2v) is 11.2. The topological polar surface area (TPSA) is 57.7 Å². The van der Waals surface area contributed by atoms with Gasteiger partial charge < -0.3 is 4.90 Å². The van der Waals surface area contributed by atoms with Crippen molar-refractivity contribution in [2.45, 2.75) is 43.7 Å². The Morgan fingerprint density at radius 2 is 1.78 bits per heavy atom. The zero-order chi connectivity index (χ0) is 22.6. The molecule has 0 N–H and O–H groups in total. The molecule has 168 valence electrons. The molecule has 1 atom stereocenters. The lowest BCUT2D eigenvalue weighted by molar-refractivity contribution is 0.0675. The summed E-state index contributed by atoms with van der Waals surface area (Å²) >= 11 is 1.68. The molecule has 3 aromatic rings. The van der Waals surface area contributed by atoms with Crippen LogP contribution in [-0.2, 0) is 23.0 Å². The number of hydrogen-bond acceptors (Lipinski definition) is 4. The van der Waals surface area contributed by atoms with Crippen molar-refractivity contribution in [3.8, 4) is 0 Å². The SMILES string of the molecule is C[C@@H](Cc1cccs1)N(Cc1ccccc1)C(=O)c1cccc(S(=O)(=O)N2CCCC2)c1. The van der Waals surface area contributed by atoms with Crippen LogP contribution in [0.15, 0.2) is 77.0 Å². The van der Waals surface area contributed by atoms with Crippen molar-refractivity contribution < 1.29 is 13.2 Å². The van der Waals surface area contributed by atoms with Gasteiger partial charge in [-0.1, -0.05) is 42.5 Å². The van der Waals surface area contributed by atoms with E-state index in [4.69, 9.17) is 0 Å². The fourth-order valence-electron chi connectivity index (χ4n) is 4.07. The lowest BCUT2D eigenvalue weighted by atomic mass is 10.1. The third-order valence-electron chi connectivity index (χ3n) is 5.85. The van der Waals surface area contributed by atoms with Crippen LogP contribution in [0.5, 0.6) is 0 Å². The molecule has 0 aliphatic carbocycles. The number of thiophene rings is 1. The van der Waals surface area contributed by atoms with Crippen molar-refractivity contribution in [1.29, 1.82) is 0 Å². The molecule has 1 aromatic heterocycles. The summed E-state index contributed by atoms with van der Waals surface area (Å²) < 4.78 is 27.5. The monoisotopic (exact) mass is 468 g/mol. The van der Waals surface area contributed by atoms with E-state index < -0.39 is 10.0 Å². The maximum atomic E-state index is 13.6. The molecule has 0 spiro atoms. The molecule has 1 aliphatic heterocycles. The molecule has 2 aromatic carbocycles. The molecule has 2 heterocycles.